The quantitative estimate of drug-likeness (QED) is 0.820. The largest absolute Gasteiger partial charge is 0.358 e. The summed E-state index contributed by atoms with van der Waals surface area (Å²) in [7, 11) is 0. The Kier molecular flexibility index (Phi) is 2.73. The Morgan fingerprint density at radius 3 is 3.14 bits per heavy atom. The molecule has 0 bridgehead atoms. The third-order valence-electron chi connectivity index (χ3n) is 1.70. The Bertz CT molecular complexity index is 380. The fourth-order valence-electron chi connectivity index (χ4n) is 1.08. The molecule has 0 atom stereocenters. The molecule has 2 aromatic rings. The lowest BCUT2D eigenvalue weighted by atomic mass is 10.6. The van der Waals surface area contributed by atoms with Crippen molar-refractivity contribution in [1.29, 1.82) is 0 Å². The third kappa shape index (κ3) is 2.29. The fraction of sp³-hybridized carbons (Fsp3) is 0.375. The summed E-state index contributed by atoms with van der Waals surface area (Å²) < 4.78 is 5.95. The molecule has 0 unspecified atom stereocenters. The zero-order chi connectivity index (χ0) is 9.80. The molecule has 0 saturated carbocycles. The first-order valence-corrected chi connectivity index (χ1v) is 5.13. The van der Waals surface area contributed by atoms with E-state index in [4.69, 9.17) is 0 Å². The normalized spacial score (nSPS) is 10.4. The number of aryl methyl sites for hydroxylation is 1. The van der Waals surface area contributed by atoms with Crippen LogP contribution in [0.5, 0.6) is 0 Å². The first-order chi connectivity index (χ1) is 6.84. The number of nitrogens with one attached hydrogen (secondary N) is 1. The molecule has 0 aliphatic heterocycles. The average Bonchev–Trinajstić information content (AvgIpc) is 2.77. The van der Waals surface area contributed by atoms with Crippen LogP contribution in [0.15, 0.2) is 18.5 Å². The molecule has 2 heterocycles. The lowest BCUT2D eigenvalue weighted by Crippen LogP contribution is -2.10. The lowest BCUT2D eigenvalue weighted by Gasteiger charge is -2.01. The van der Waals surface area contributed by atoms with Crippen LogP contribution in [0.4, 0.5) is 5.13 Å². The molecule has 2 aromatic heterocycles. The van der Waals surface area contributed by atoms with Gasteiger partial charge in [-0.05, 0) is 13.0 Å². The molecule has 1 N–H and O–H groups in total. The minimum absolute atomic E-state index is 0.816. The van der Waals surface area contributed by atoms with Crippen molar-refractivity contribution in [3.8, 4) is 0 Å². The summed E-state index contributed by atoms with van der Waals surface area (Å²) in [6.07, 6.45) is 3.71. The van der Waals surface area contributed by atoms with Crippen LogP contribution >= 0.6 is 11.5 Å². The van der Waals surface area contributed by atoms with Crippen LogP contribution in [-0.2, 0) is 6.54 Å². The Morgan fingerprint density at radius 1 is 1.57 bits per heavy atom. The molecule has 0 amide bonds. The monoisotopic (exact) mass is 209 g/mol. The number of aromatic nitrogens is 4. The van der Waals surface area contributed by atoms with E-state index in [2.05, 4.69) is 19.8 Å². The summed E-state index contributed by atoms with van der Waals surface area (Å²) >= 11 is 1.38. The van der Waals surface area contributed by atoms with Crippen molar-refractivity contribution in [3.05, 3.63) is 24.3 Å². The molecular formula is C8H11N5S. The van der Waals surface area contributed by atoms with Gasteiger partial charge in [-0.2, -0.15) is 9.47 Å². The molecule has 2 rings (SSSR count). The highest BCUT2D eigenvalue weighted by atomic mass is 32.1. The number of rotatable bonds is 4. The fourth-order valence-corrected chi connectivity index (χ4v) is 1.68. The van der Waals surface area contributed by atoms with Crippen molar-refractivity contribution >= 4 is 16.7 Å². The first-order valence-electron chi connectivity index (χ1n) is 4.36. The molecule has 0 aliphatic rings. The van der Waals surface area contributed by atoms with Crippen LogP contribution in [0.2, 0.25) is 0 Å². The highest BCUT2D eigenvalue weighted by Gasteiger charge is 1.98. The van der Waals surface area contributed by atoms with E-state index in [-0.39, 0.29) is 0 Å². The molecule has 0 saturated heterocycles. The van der Waals surface area contributed by atoms with Crippen molar-refractivity contribution in [2.24, 2.45) is 0 Å². The number of nitrogens with zero attached hydrogens (tertiary/aromatic N) is 4. The lowest BCUT2D eigenvalue weighted by molar-refractivity contribution is 0.637. The van der Waals surface area contributed by atoms with Crippen LogP contribution < -0.4 is 5.32 Å². The third-order valence-corrected chi connectivity index (χ3v) is 2.47. The minimum Gasteiger partial charge on any atom is -0.358 e. The van der Waals surface area contributed by atoms with Gasteiger partial charge in [0.05, 0.1) is 6.54 Å². The van der Waals surface area contributed by atoms with Gasteiger partial charge >= 0.3 is 0 Å². The van der Waals surface area contributed by atoms with Gasteiger partial charge in [-0.25, -0.2) is 4.98 Å². The maximum atomic E-state index is 4.20. The van der Waals surface area contributed by atoms with E-state index >= 15 is 0 Å². The van der Waals surface area contributed by atoms with Gasteiger partial charge in [0.15, 0.2) is 0 Å². The van der Waals surface area contributed by atoms with Crippen molar-refractivity contribution < 1.29 is 0 Å². The van der Waals surface area contributed by atoms with Crippen molar-refractivity contribution in [1.82, 2.24) is 19.1 Å². The van der Waals surface area contributed by atoms with Gasteiger partial charge in [-0.1, -0.05) is 0 Å². The van der Waals surface area contributed by atoms with E-state index in [0.29, 0.717) is 0 Å². The number of hydrogen-bond acceptors (Lipinski definition) is 5. The van der Waals surface area contributed by atoms with Gasteiger partial charge < -0.3 is 5.32 Å². The van der Waals surface area contributed by atoms with Gasteiger partial charge in [-0.3, -0.25) is 4.68 Å². The zero-order valence-electron chi connectivity index (χ0n) is 7.84. The minimum atomic E-state index is 0.816. The van der Waals surface area contributed by atoms with E-state index < -0.39 is 0 Å². The second kappa shape index (κ2) is 4.19. The molecule has 5 nitrogen and oxygen atoms in total. The second-order valence-electron chi connectivity index (χ2n) is 2.84. The van der Waals surface area contributed by atoms with Gasteiger partial charge in [0, 0.05) is 30.5 Å². The second-order valence-corrected chi connectivity index (χ2v) is 3.59. The molecule has 0 aliphatic carbocycles. The van der Waals surface area contributed by atoms with Crippen molar-refractivity contribution in [2.75, 3.05) is 11.9 Å². The Balaban J connectivity index is 1.78. The summed E-state index contributed by atoms with van der Waals surface area (Å²) in [6.45, 7) is 3.54. The van der Waals surface area contributed by atoms with Crippen LogP contribution in [-0.4, -0.2) is 25.7 Å². The highest BCUT2D eigenvalue weighted by molar-refractivity contribution is 7.09. The predicted molar refractivity (Wildman–Crippen MR) is 55.4 cm³/mol. The summed E-state index contributed by atoms with van der Waals surface area (Å²) in [5, 5.41) is 8.15. The van der Waals surface area contributed by atoms with E-state index in [9.17, 15) is 0 Å². The summed E-state index contributed by atoms with van der Waals surface area (Å²) in [5.41, 5.74) is 0. The number of hydrogen-bond donors (Lipinski definition) is 1. The van der Waals surface area contributed by atoms with Crippen LogP contribution in [0.25, 0.3) is 0 Å². The van der Waals surface area contributed by atoms with E-state index in [1.807, 2.05) is 23.9 Å². The molecule has 0 spiro atoms. The van der Waals surface area contributed by atoms with Crippen molar-refractivity contribution in [2.45, 2.75) is 13.5 Å². The Morgan fingerprint density at radius 2 is 2.50 bits per heavy atom. The Hall–Kier alpha value is -1.43. The van der Waals surface area contributed by atoms with Gasteiger partial charge in [0.25, 0.3) is 0 Å². The summed E-state index contributed by atoms with van der Waals surface area (Å²) in [4.78, 5) is 4.20. The highest BCUT2D eigenvalue weighted by Crippen LogP contribution is 2.09. The molecule has 0 fully saturated rings. The van der Waals surface area contributed by atoms with Crippen molar-refractivity contribution in [3.63, 3.8) is 0 Å². The van der Waals surface area contributed by atoms with Gasteiger partial charge in [-0.15, -0.1) is 0 Å². The molecule has 6 heteroatoms. The summed E-state index contributed by atoms with van der Waals surface area (Å²) in [6, 6.07) is 1.91. The van der Waals surface area contributed by atoms with E-state index in [0.717, 1.165) is 24.0 Å². The maximum absolute atomic E-state index is 4.20. The summed E-state index contributed by atoms with van der Waals surface area (Å²) in [5.74, 6) is 0.816. The smallest absolute Gasteiger partial charge is 0.202 e. The Labute approximate surface area is 86.0 Å². The van der Waals surface area contributed by atoms with E-state index in [1.54, 1.807) is 6.20 Å². The number of anilines is 1. The van der Waals surface area contributed by atoms with Crippen LogP contribution in [0.1, 0.15) is 5.82 Å². The predicted octanol–water partition coefficient (Wildman–Crippen LogP) is 1.16. The zero-order valence-corrected chi connectivity index (χ0v) is 8.66. The van der Waals surface area contributed by atoms with Gasteiger partial charge in [0.1, 0.15) is 5.82 Å². The van der Waals surface area contributed by atoms with Crippen LogP contribution in [0.3, 0.4) is 0 Å². The average molecular weight is 209 g/mol. The molecular weight excluding hydrogens is 198 g/mol. The van der Waals surface area contributed by atoms with Gasteiger partial charge in [0.2, 0.25) is 5.13 Å². The SMILES string of the molecule is Cc1nsc(NCCn2cccn2)n1. The van der Waals surface area contributed by atoms with E-state index in [1.165, 1.54) is 11.5 Å². The topological polar surface area (TPSA) is 55.6 Å². The molecule has 0 radical (unpaired) electrons. The van der Waals surface area contributed by atoms with Crippen LogP contribution in [0, 0.1) is 6.92 Å². The molecule has 0 aromatic carbocycles. The molecule has 74 valence electrons. The maximum Gasteiger partial charge on any atom is 0.202 e. The standard InChI is InChI=1S/C8H11N5S/c1-7-11-8(14-12-7)9-4-6-13-5-2-3-10-13/h2-3,5H,4,6H2,1H3,(H,9,11,12). The molecule has 14 heavy (non-hydrogen) atoms. The first kappa shape index (κ1) is 9.14.